The van der Waals surface area contributed by atoms with Gasteiger partial charge in [0.05, 0.1) is 0 Å². The van der Waals surface area contributed by atoms with Gasteiger partial charge < -0.3 is 15.1 Å². The fraction of sp³-hybridized carbons (Fsp3) is 0.647. The first kappa shape index (κ1) is 13.7. The number of anilines is 2. The molecule has 1 atom stereocenters. The molecule has 1 aromatic carbocycles. The van der Waals surface area contributed by atoms with E-state index in [9.17, 15) is 0 Å². The van der Waals surface area contributed by atoms with Crippen molar-refractivity contribution in [1.29, 1.82) is 0 Å². The molecule has 3 heteroatoms. The fourth-order valence-corrected chi connectivity index (χ4v) is 3.21. The van der Waals surface area contributed by atoms with Gasteiger partial charge in [-0.2, -0.15) is 0 Å². The van der Waals surface area contributed by atoms with Crippen LogP contribution in [0.15, 0.2) is 18.2 Å². The summed E-state index contributed by atoms with van der Waals surface area (Å²) < 4.78 is 0. The van der Waals surface area contributed by atoms with Gasteiger partial charge in [-0.05, 0) is 50.3 Å². The Labute approximate surface area is 123 Å². The lowest BCUT2D eigenvalue weighted by molar-refractivity contribution is 0.420. The number of nitrogens with one attached hydrogen (secondary N) is 1. The summed E-state index contributed by atoms with van der Waals surface area (Å²) in [5, 5.41) is 3.79. The summed E-state index contributed by atoms with van der Waals surface area (Å²) in [6.45, 7) is 4.54. The third kappa shape index (κ3) is 3.09. The highest BCUT2D eigenvalue weighted by Gasteiger charge is 2.27. The first-order valence-electron chi connectivity index (χ1n) is 7.92. The molecule has 3 nitrogen and oxygen atoms in total. The molecule has 20 heavy (non-hydrogen) atoms. The number of nitrogens with zero attached hydrogens (tertiary/aromatic N) is 2. The van der Waals surface area contributed by atoms with Crippen LogP contribution in [0.1, 0.15) is 31.2 Å². The molecule has 0 amide bonds. The summed E-state index contributed by atoms with van der Waals surface area (Å²) in [7, 11) is 4.25. The van der Waals surface area contributed by atoms with Crippen LogP contribution in [0.3, 0.4) is 0 Å². The Morgan fingerprint density at radius 2 is 1.95 bits per heavy atom. The van der Waals surface area contributed by atoms with E-state index in [2.05, 4.69) is 54.3 Å². The first-order valence-corrected chi connectivity index (χ1v) is 7.92. The largest absolute Gasteiger partial charge is 0.377 e. The Hall–Kier alpha value is -1.22. The Morgan fingerprint density at radius 1 is 1.15 bits per heavy atom. The van der Waals surface area contributed by atoms with Crippen molar-refractivity contribution in [2.75, 3.05) is 37.0 Å². The van der Waals surface area contributed by atoms with E-state index >= 15 is 0 Å². The third-order valence-corrected chi connectivity index (χ3v) is 4.51. The number of rotatable bonds is 4. The second-order valence-electron chi connectivity index (χ2n) is 6.59. The Balaban J connectivity index is 1.72. The molecule has 1 aromatic rings. The van der Waals surface area contributed by atoms with Gasteiger partial charge in [-0.25, -0.2) is 0 Å². The average Bonchev–Trinajstić information content (AvgIpc) is 3.23. The van der Waals surface area contributed by atoms with E-state index in [1.165, 1.54) is 49.2 Å². The highest BCUT2D eigenvalue weighted by Crippen LogP contribution is 2.28. The van der Waals surface area contributed by atoms with Gasteiger partial charge in [0.1, 0.15) is 0 Å². The van der Waals surface area contributed by atoms with Gasteiger partial charge in [0.25, 0.3) is 0 Å². The molecule has 2 aliphatic rings. The van der Waals surface area contributed by atoms with Crippen LogP contribution in [0.25, 0.3) is 0 Å². The van der Waals surface area contributed by atoms with Crippen molar-refractivity contribution in [2.24, 2.45) is 0 Å². The Kier molecular flexibility index (Phi) is 3.88. The second kappa shape index (κ2) is 5.65. The van der Waals surface area contributed by atoms with Crippen LogP contribution < -0.4 is 15.1 Å². The number of piperidine rings is 1. The van der Waals surface area contributed by atoms with Gasteiger partial charge in [0, 0.05) is 50.6 Å². The fourth-order valence-electron chi connectivity index (χ4n) is 3.21. The van der Waals surface area contributed by atoms with Gasteiger partial charge in [-0.15, -0.1) is 0 Å². The van der Waals surface area contributed by atoms with Crippen molar-refractivity contribution in [1.82, 2.24) is 5.32 Å². The normalized spacial score (nSPS) is 22.9. The Bertz CT molecular complexity index is 465. The summed E-state index contributed by atoms with van der Waals surface area (Å²) in [6, 6.07) is 8.37. The quantitative estimate of drug-likeness (QED) is 0.910. The molecule has 1 saturated carbocycles. The van der Waals surface area contributed by atoms with E-state index in [4.69, 9.17) is 0 Å². The molecule has 0 spiro atoms. The first-order chi connectivity index (χ1) is 9.63. The van der Waals surface area contributed by atoms with E-state index in [1.807, 2.05) is 0 Å². The topological polar surface area (TPSA) is 18.5 Å². The summed E-state index contributed by atoms with van der Waals surface area (Å²) >= 11 is 0. The van der Waals surface area contributed by atoms with E-state index in [0.717, 1.165) is 12.6 Å². The molecule has 0 radical (unpaired) electrons. The number of hydrogen-bond donors (Lipinski definition) is 1. The zero-order valence-electron chi connectivity index (χ0n) is 13.0. The van der Waals surface area contributed by atoms with Crippen molar-refractivity contribution in [3.8, 4) is 0 Å². The minimum absolute atomic E-state index is 0.681. The maximum atomic E-state index is 3.79. The molecule has 1 N–H and O–H groups in total. The van der Waals surface area contributed by atoms with Gasteiger partial charge in [0.2, 0.25) is 0 Å². The zero-order chi connectivity index (χ0) is 14.1. The zero-order valence-corrected chi connectivity index (χ0v) is 13.0. The summed E-state index contributed by atoms with van der Waals surface area (Å²) in [4.78, 5) is 4.76. The van der Waals surface area contributed by atoms with Crippen LogP contribution in [0.2, 0.25) is 0 Å². The van der Waals surface area contributed by atoms with Crippen LogP contribution in [-0.2, 0) is 0 Å². The van der Waals surface area contributed by atoms with Gasteiger partial charge in [-0.3, -0.25) is 0 Å². The molecule has 1 aliphatic heterocycles. The van der Waals surface area contributed by atoms with Crippen molar-refractivity contribution < 1.29 is 0 Å². The van der Waals surface area contributed by atoms with Gasteiger partial charge >= 0.3 is 0 Å². The maximum Gasteiger partial charge on any atom is 0.0411 e. The lowest BCUT2D eigenvalue weighted by Gasteiger charge is -2.35. The molecule has 0 bridgehead atoms. The van der Waals surface area contributed by atoms with E-state index in [1.54, 1.807) is 0 Å². The molecule has 1 heterocycles. The van der Waals surface area contributed by atoms with E-state index in [-0.39, 0.29) is 0 Å². The maximum absolute atomic E-state index is 3.79. The van der Waals surface area contributed by atoms with Crippen molar-refractivity contribution >= 4 is 11.4 Å². The molecule has 1 saturated heterocycles. The van der Waals surface area contributed by atoms with Crippen LogP contribution >= 0.6 is 0 Å². The number of benzene rings is 1. The van der Waals surface area contributed by atoms with Crippen LogP contribution in [0.5, 0.6) is 0 Å². The summed E-state index contributed by atoms with van der Waals surface area (Å²) in [5.74, 6) is 0. The van der Waals surface area contributed by atoms with Gasteiger partial charge in [-0.1, -0.05) is 6.07 Å². The van der Waals surface area contributed by atoms with Gasteiger partial charge in [0.15, 0.2) is 0 Å². The third-order valence-electron chi connectivity index (χ3n) is 4.51. The summed E-state index contributed by atoms with van der Waals surface area (Å²) in [5.41, 5.74) is 4.06. The number of hydrogen-bond acceptors (Lipinski definition) is 3. The van der Waals surface area contributed by atoms with E-state index < -0.39 is 0 Å². The van der Waals surface area contributed by atoms with Crippen LogP contribution in [0.4, 0.5) is 11.4 Å². The average molecular weight is 273 g/mol. The highest BCUT2D eigenvalue weighted by molar-refractivity contribution is 5.63. The van der Waals surface area contributed by atoms with E-state index in [0.29, 0.717) is 6.04 Å². The lowest BCUT2D eigenvalue weighted by atomic mass is 10.0. The monoisotopic (exact) mass is 273 g/mol. The minimum Gasteiger partial charge on any atom is -0.377 e. The predicted molar refractivity (Wildman–Crippen MR) is 86.9 cm³/mol. The molecule has 0 aromatic heterocycles. The molecule has 2 fully saturated rings. The lowest BCUT2D eigenvalue weighted by Crippen LogP contribution is -2.46. The highest BCUT2D eigenvalue weighted by atomic mass is 15.2. The van der Waals surface area contributed by atoms with Crippen LogP contribution in [0, 0.1) is 6.92 Å². The minimum atomic E-state index is 0.681. The predicted octanol–water partition coefficient (Wildman–Crippen LogP) is 2.78. The molecule has 3 rings (SSSR count). The molecular weight excluding hydrogens is 246 g/mol. The standard InChI is InChI=1S/C17H27N3/c1-13-6-9-16(11-17(13)19(2)3)20-10-4-5-15(12-20)18-14-7-8-14/h6,9,11,14-15,18H,4-5,7-8,10,12H2,1-3H3. The smallest absolute Gasteiger partial charge is 0.0411 e. The second-order valence-corrected chi connectivity index (χ2v) is 6.59. The number of aryl methyl sites for hydroxylation is 1. The molecule has 110 valence electrons. The molecule has 1 aliphatic carbocycles. The Morgan fingerprint density at radius 3 is 2.65 bits per heavy atom. The molecular formula is C17H27N3. The SMILES string of the molecule is Cc1ccc(N2CCCC(NC3CC3)C2)cc1N(C)C. The van der Waals surface area contributed by atoms with Crippen molar-refractivity contribution in [2.45, 2.75) is 44.7 Å². The van der Waals surface area contributed by atoms with Crippen molar-refractivity contribution in [3.05, 3.63) is 23.8 Å². The van der Waals surface area contributed by atoms with Crippen LogP contribution in [-0.4, -0.2) is 39.3 Å². The molecule has 1 unspecified atom stereocenters. The van der Waals surface area contributed by atoms with Crippen molar-refractivity contribution in [3.63, 3.8) is 0 Å². The summed E-state index contributed by atoms with van der Waals surface area (Å²) in [6.07, 6.45) is 5.40.